The largest absolute Gasteiger partial charge is 0.417 e. The summed E-state index contributed by atoms with van der Waals surface area (Å²) in [5.74, 6) is -0.705. The van der Waals surface area contributed by atoms with Crippen molar-refractivity contribution in [2.75, 3.05) is 0 Å². The number of hydrogen-bond acceptors (Lipinski definition) is 1. The molecule has 0 aromatic heterocycles. The molecule has 0 atom stereocenters. The van der Waals surface area contributed by atoms with Crippen LogP contribution in [0, 0.1) is 0 Å². The molecule has 0 fully saturated rings. The summed E-state index contributed by atoms with van der Waals surface area (Å²) < 4.78 is 39.4. The summed E-state index contributed by atoms with van der Waals surface area (Å²) in [7, 11) is 0. The number of amides is 1. The standard InChI is InChI=1S/C14H9BrF3NO/c15-12-6-5-8(7-10(12)13(19)20)9-3-1-2-4-11(9)14(16,17)18/h1-7H,(H2,19,20). The van der Waals surface area contributed by atoms with E-state index in [0.29, 0.717) is 4.47 Å². The lowest BCUT2D eigenvalue weighted by atomic mass is 9.97. The van der Waals surface area contributed by atoms with Crippen molar-refractivity contribution in [2.24, 2.45) is 5.73 Å². The van der Waals surface area contributed by atoms with Crippen LogP contribution in [0.4, 0.5) is 13.2 Å². The van der Waals surface area contributed by atoms with Gasteiger partial charge in [0, 0.05) is 4.47 Å². The van der Waals surface area contributed by atoms with Crippen LogP contribution >= 0.6 is 15.9 Å². The van der Waals surface area contributed by atoms with Crippen LogP contribution in [0.15, 0.2) is 46.9 Å². The van der Waals surface area contributed by atoms with E-state index in [1.54, 1.807) is 0 Å². The smallest absolute Gasteiger partial charge is 0.366 e. The summed E-state index contributed by atoms with van der Waals surface area (Å²) >= 11 is 3.14. The van der Waals surface area contributed by atoms with Gasteiger partial charge in [0.25, 0.3) is 0 Å². The van der Waals surface area contributed by atoms with Gasteiger partial charge in [-0.05, 0) is 45.3 Å². The van der Waals surface area contributed by atoms with Crippen molar-refractivity contribution in [2.45, 2.75) is 6.18 Å². The summed E-state index contributed by atoms with van der Waals surface area (Å²) in [4.78, 5) is 11.3. The quantitative estimate of drug-likeness (QED) is 0.870. The molecule has 0 aliphatic rings. The van der Waals surface area contributed by atoms with Crippen molar-refractivity contribution in [3.8, 4) is 11.1 Å². The van der Waals surface area contributed by atoms with E-state index < -0.39 is 17.6 Å². The van der Waals surface area contributed by atoms with Crippen LogP contribution in [0.25, 0.3) is 11.1 Å². The maximum atomic E-state index is 13.0. The second-order valence-corrected chi connectivity index (χ2v) is 4.96. The monoisotopic (exact) mass is 343 g/mol. The predicted molar refractivity (Wildman–Crippen MR) is 73.1 cm³/mol. The highest BCUT2D eigenvalue weighted by Crippen LogP contribution is 2.37. The number of halogens is 4. The molecule has 1 amide bonds. The molecule has 0 bridgehead atoms. The maximum Gasteiger partial charge on any atom is 0.417 e. The Morgan fingerprint density at radius 2 is 1.75 bits per heavy atom. The third-order valence-electron chi connectivity index (χ3n) is 2.78. The zero-order chi connectivity index (χ0) is 14.9. The van der Waals surface area contributed by atoms with Gasteiger partial charge in [-0.2, -0.15) is 13.2 Å². The molecule has 0 unspecified atom stereocenters. The van der Waals surface area contributed by atoms with Crippen molar-refractivity contribution in [1.29, 1.82) is 0 Å². The third-order valence-corrected chi connectivity index (χ3v) is 3.47. The van der Waals surface area contributed by atoms with Gasteiger partial charge in [-0.25, -0.2) is 0 Å². The maximum absolute atomic E-state index is 13.0. The Bertz CT molecular complexity index is 668. The van der Waals surface area contributed by atoms with Gasteiger partial charge in [0.05, 0.1) is 11.1 Å². The molecule has 0 spiro atoms. The van der Waals surface area contributed by atoms with Crippen LogP contribution in [0.1, 0.15) is 15.9 Å². The number of alkyl halides is 3. The fourth-order valence-electron chi connectivity index (χ4n) is 1.86. The number of hydrogen-bond donors (Lipinski definition) is 1. The summed E-state index contributed by atoms with van der Waals surface area (Å²) in [6.07, 6.45) is -4.46. The molecule has 2 aromatic carbocycles. The molecule has 0 aliphatic carbocycles. The number of rotatable bonds is 2. The molecule has 20 heavy (non-hydrogen) atoms. The lowest BCUT2D eigenvalue weighted by Crippen LogP contribution is -2.12. The fraction of sp³-hybridized carbons (Fsp3) is 0.0714. The van der Waals surface area contributed by atoms with Crippen LogP contribution in [0.2, 0.25) is 0 Å². The van der Waals surface area contributed by atoms with Crippen molar-refractivity contribution < 1.29 is 18.0 Å². The van der Waals surface area contributed by atoms with Gasteiger partial charge in [-0.1, -0.05) is 24.3 Å². The second-order valence-electron chi connectivity index (χ2n) is 4.10. The lowest BCUT2D eigenvalue weighted by molar-refractivity contribution is -0.137. The zero-order valence-corrected chi connectivity index (χ0v) is 11.6. The predicted octanol–water partition coefficient (Wildman–Crippen LogP) is 4.23. The van der Waals surface area contributed by atoms with E-state index in [2.05, 4.69) is 15.9 Å². The van der Waals surface area contributed by atoms with Crippen molar-refractivity contribution in [3.05, 3.63) is 58.1 Å². The average Bonchev–Trinajstić information content (AvgIpc) is 2.38. The van der Waals surface area contributed by atoms with Gasteiger partial charge >= 0.3 is 6.18 Å². The molecule has 104 valence electrons. The van der Waals surface area contributed by atoms with E-state index in [1.165, 1.54) is 36.4 Å². The van der Waals surface area contributed by atoms with Gasteiger partial charge in [-0.15, -0.1) is 0 Å². The summed E-state index contributed by atoms with van der Waals surface area (Å²) in [6, 6.07) is 9.54. The number of carbonyl (C=O) groups excluding carboxylic acids is 1. The molecule has 0 radical (unpaired) electrons. The Hall–Kier alpha value is -1.82. The number of primary amides is 1. The highest BCUT2D eigenvalue weighted by molar-refractivity contribution is 9.10. The van der Waals surface area contributed by atoms with Crippen LogP contribution in [-0.2, 0) is 6.18 Å². The van der Waals surface area contributed by atoms with E-state index >= 15 is 0 Å². The molecule has 0 heterocycles. The van der Waals surface area contributed by atoms with E-state index in [-0.39, 0.29) is 16.7 Å². The molecule has 0 saturated heterocycles. The molecule has 6 heteroatoms. The van der Waals surface area contributed by atoms with E-state index in [0.717, 1.165) is 6.07 Å². The number of nitrogens with two attached hydrogens (primary N) is 1. The highest BCUT2D eigenvalue weighted by Gasteiger charge is 2.33. The Balaban J connectivity index is 2.64. The molecule has 2 N–H and O–H groups in total. The Labute approximate surface area is 121 Å². The molecule has 2 aromatic rings. The summed E-state index contributed by atoms with van der Waals surface area (Å²) in [5, 5.41) is 0. The van der Waals surface area contributed by atoms with Crippen LogP contribution < -0.4 is 5.73 Å². The fourth-order valence-corrected chi connectivity index (χ4v) is 2.31. The molecular weight excluding hydrogens is 335 g/mol. The zero-order valence-electron chi connectivity index (χ0n) is 10.0. The third kappa shape index (κ3) is 2.85. The minimum Gasteiger partial charge on any atom is -0.366 e. The van der Waals surface area contributed by atoms with Gasteiger partial charge in [0.15, 0.2) is 0 Å². The first-order chi connectivity index (χ1) is 9.30. The molecule has 2 nitrogen and oxygen atoms in total. The number of benzene rings is 2. The Kier molecular flexibility index (Phi) is 3.85. The van der Waals surface area contributed by atoms with Gasteiger partial charge in [-0.3, -0.25) is 4.79 Å². The first-order valence-electron chi connectivity index (χ1n) is 5.56. The Morgan fingerprint density at radius 1 is 1.10 bits per heavy atom. The van der Waals surface area contributed by atoms with Gasteiger partial charge in [0.2, 0.25) is 5.91 Å². The van der Waals surface area contributed by atoms with Crippen LogP contribution in [0.3, 0.4) is 0 Å². The van der Waals surface area contributed by atoms with Gasteiger partial charge in [0.1, 0.15) is 0 Å². The molecule has 0 saturated carbocycles. The Morgan fingerprint density at radius 3 is 2.35 bits per heavy atom. The minimum atomic E-state index is -4.46. The SMILES string of the molecule is NC(=O)c1cc(-c2ccccc2C(F)(F)F)ccc1Br. The molecular formula is C14H9BrF3NO. The lowest BCUT2D eigenvalue weighted by Gasteiger charge is -2.13. The van der Waals surface area contributed by atoms with Crippen LogP contribution in [-0.4, -0.2) is 5.91 Å². The molecule has 2 rings (SSSR count). The first kappa shape index (κ1) is 14.6. The van der Waals surface area contributed by atoms with Crippen molar-refractivity contribution >= 4 is 21.8 Å². The summed E-state index contributed by atoms with van der Waals surface area (Å²) in [6.45, 7) is 0. The summed E-state index contributed by atoms with van der Waals surface area (Å²) in [5.41, 5.74) is 4.88. The van der Waals surface area contributed by atoms with E-state index in [4.69, 9.17) is 5.73 Å². The first-order valence-corrected chi connectivity index (χ1v) is 6.36. The minimum absolute atomic E-state index is 0.00926. The second kappa shape index (κ2) is 5.28. The topological polar surface area (TPSA) is 43.1 Å². The number of carbonyl (C=O) groups is 1. The van der Waals surface area contributed by atoms with Crippen molar-refractivity contribution in [1.82, 2.24) is 0 Å². The van der Waals surface area contributed by atoms with Crippen LogP contribution in [0.5, 0.6) is 0 Å². The van der Waals surface area contributed by atoms with Crippen molar-refractivity contribution in [3.63, 3.8) is 0 Å². The highest BCUT2D eigenvalue weighted by atomic mass is 79.9. The van der Waals surface area contributed by atoms with Gasteiger partial charge < -0.3 is 5.73 Å². The van der Waals surface area contributed by atoms with E-state index in [1.807, 2.05) is 0 Å². The van der Waals surface area contributed by atoms with E-state index in [9.17, 15) is 18.0 Å². The normalized spacial score (nSPS) is 11.4. The average molecular weight is 344 g/mol. The molecule has 0 aliphatic heterocycles.